The van der Waals surface area contributed by atoms with E-state index >= 15 is 0 Å². The van der Waals surface area contributed by atoms with Gasteiger partial charge in [-0.2, -0.15) is 0 Å². The molecule has 0 aliphatic rings. The van der Waals surface area contributed by atoms with Gasteiger partial charge >= 0.3 is 17.9 Å². The minimum atomic E-state index is -0.796. The lowest BCUT2D eigenvalue weighted by Gasteiger charge is -2.18. The van der Waals surface area contributed by atoms with Crippen LogP contribution in [-0.4, -0.2) is 37.2 Å². The minimum absolute atomic E-state index is 0.0890. The van der Waals surface area contributed by atoms with Crippen molar-refractivity contribution in [1.82, 2.24) is 0 Å². The van der Waals surface area contributed by atoms with E-state index in [0.29, 0.717) is 12.8 Å². The Balaban J connectivity index is 4.34. The number of rotatable bonds is 59. The van der Waals surface area contributed by atoms with Gasteiger partial charge in [0, 0.05) is 19.3 Å². The van der Waals surface area contributed by atoms with Gasteiger partial charge in [-0.1, -0.05) is 297 Å². The van der Waals surface area contributed by atoms with Crippen molar-refractivity contribution in [3.63, 3.8) is 0 Å². The Labute approximate surface area is 482 Å². The van der Waals surface area contributed by atoms with Crippen LogP contribution in [0.25, 0.3) is 0 Å². The van der Waals surface area contributed by atoms with Crippen molar-refractivity contribution in [3.05, 3.63) is 109 Å². The van der Waals surface area contributed by atoms with Gasteiger partial charge in [0.15, 0.2) is 6.10 Å². The van der Waals surface area contributed by atoms with Gasteiger partial charge in [-0.25, -0.2) is 0 Å². The molecule has 6 heteroatoms. The summed E-state index contributed by atoms with van der Waals surface area (Å²) in [5.74, 6) is -0.911. The topological polar surface area (TPSA) is 78.9 Å². The molecule has 0 amide bonds. The van der Waals surface area contributed by atoms with Crippen molar-refractivity contribution in [2.24, 2.45) is 0 Å². The molecule has 0 aromatic heterocycles. The van der Waals surface area contributed by atoms with E-state index < -0.39 is 6.10 Å². The van der Waals surface area contributed by atoms with Crippen LogP contribution in [0.5, 0.6) is 0 Å². The van der Waals surface area contributed by atoms with E-state index in [0.717, 1.165) is 122 Å². The molecule has 0 rings (SSSR count). The molecule has 0 heterocycles. The predicted octanol–water partition coefficient (Wildman–Crippen LogP) is 22.6. The predicted molar refractivity (Wildman–Crippen MR) is 339 cm³/mol. The SMILES string of the molecule is CC/C=C\C/C=C\C/C=C\C/C=C\C/C=C\CCCCCC(=O)OC(COC(=O)CCCCCCCCCCCCCCCC)COC(=O)CCCCCCCCCCCCCCCC/C=C\C/C=C\C/C=C\C/C=C\CC. The van der Waals surface area contributed by atoms with Gasteiger partial charge in [-0.3, -0.25) is 14.4 Å². The summed E-state index contributed by atoms with van der Waals surface area (Å²) in [5, 5.41) is 0. The molecular weight excluding hydrogens is 961 g/mol. The maximum absolute atomic E-state index is 12.9. The number of allylic oxidation sites excluding steroid dienone is 18. The van der Waals surface area contributed by atoms with Crippen molar-refractivity contribution < 1.29 is 28.6 Å². The molecule has 0 saturated carbocycles. The van der Waals surface area contributed by atoms with Crippen LogP contribution in [0.15, 0.2) is 109 Å². The molecule has 1 atom stereocenters. The summed E-state index contributed by atoms with van der Waals surface area (Å²) in [4.78, 5) is 38.3. The van der Waals surface area contributed by atoms with Gasteiger partial charge in [0.2, 0.25) is 0 Å². The number of hydrogen-bond acceptors (Lipinski definition) is 6. The highest BCUT2D eigenvalue weighted by Gasteiger charge is 2.19. The van der Waals surface area contributed by atoms with Crippen LogP contribution in [0.3, 0.4) is 0 Å². The lowest BCUT2D eigenvalue weighted by atomic mass is 10.0. The summed E-state index contributed by atoms with van der Waals surface area (Å²) in [6.45, 7) is 6.42. The summed E-state index contributed by atoms with van der Waals surface area (Å²) in [6, 6.07) is 0. The standard InChI is InChI=1S/C72H122O6/c1-4-7-10-13-16-19-22-25-28-30-32-33-34-35-36-37-38-39-41-42-44-47-50-53-56-59-62-65-71(74)77-68-69(67-76-70(73)64-61-58-55-52-49-46-27-24-21-18-15-12-9-6-3)78-72(75)66-63-60-57-54-51-48-45-43-40-31-29-26-23-20-17-14-11-8-5-2/h7-8,10-11,16-17,19-20,25-26,28-29,32-33,40,43,48,51,69H,4-6,9,12-15,18,21-24,27,30-31,34-39,41-42,44-47,49-50,52-68H2,1-3H3/b10-7-,11-8-,19-16-,20-17-,28-25-,29-26-,33-32-,43-40-,51-48-. The molecule has 0 N–H and O–H groups in total. The Hall–Kier alpha value is -3.93. The van der Waals surface area contributed by atoms with Crippen LogP contribution < -0.4 is 0 Å². The highest BCUT2D eigenvalue weighted by Crippen LogP contribution is 2.17. The molecule has 0 radical (unpaired) electrons. The number of carbonyl (C=O) groups excluding carboxylic acids is 3. The molecule has 1 unspecified atom stereocenters. The quantitative estimate of drug-likeness (QED) is 0.0261. The van der Waals surface area contributed by atoms with Crippen molar-refractivity contribution >= 4 is 17.9 Å². The fourth-order valence-corrected chi connectivity index (χ4v) is 9.17. The smallest absolute Gasteiger partial charge is 0.306 e. The number of carbonyl (C=O) groups is 3. The monoisotopic (exact) mass is 1080 g/mol. The third-order valence-electron chi connectivity index (χ3n) is 14.0. The van der Waals surface area contributed by atoms with Gasteiger partial charge < -0.3 is 14.2 Å². The zero-order valence-electron chi connectivity index (χ0n) is 51.2. The second kappa shape index (κ2) is 65.6. The third-order valence-corrected chi connectivity index (χ3v) is 14.0. The first kappa shape index (κ1) is 74.1. The molecule has 0 saturated heterocycles. The van der Waals surface area contributed by atoms with E-state index in [2.05, 4.69) is 130 Å². The van der Waals surface area contributed by atoms with Gasteiger partial charge in [-0.15, -0.1) is 0 Å². The molecule has 0 aliphatic heterocycles. The number of unbranched alkanes of at least 4 members (excludes halogenated alkanes) is 30. The maximum Gasteiger partial charge on any atom is 0.306 e. The molecule has 6 nitrogen and oxygen atoms in total. The lowest BCUT2D eigenvalue weighted by molar-refractivity contribution is -0.167. The largest absolute Gasteiger partial charge is 0.462 e. The first-order valence-corrected chi connectivity index (χ1v) is 32.9. The Kier molecular flexibility index (Phi) is 62.3. The lowest BCUT2D eigenvalue weighted by Crippen LogP contribution is -2.30. The molecule has 0 aliphatic carbocycles. The molecule has 0 aromatic rings. The van der Waals surface area contributed by atoms with Crippen LogP contribution in [0.2, 0.25) is 0 Å². The molecule has 0 bridgehead atoms. The average Bonchev–Trinajstić information content (AvgIpc) is 3.44. The molecule has 0 fully saturated rings. The summed E-state index contributed by atoms with van der Waals surface area (Å²) in [6.07, 6.45) is 89.6. The summed E-state index contributed by atoms with van der Waals surface area (Å²) >= 11 is 0. The van der Waals surface area contributed by atoms with Crippen molar-refractivity contribution in [3.8, 4) is 0 Å². The van der Waals surface area contributed by atoms with Crippen LogP contribution in [-0.2, 0) is 28.6 Å². The van der Waals surface area contributed by atoms with Crippen molar-refractivity contribution in [1.29, 1.82) is 0 Å². The normalized spacial score (nSPS) is 12.8. The van der Waals surface area contributed by atoms with E-state index in [-0.39, 0.29) is 37.5 Å². The van der Waals surface area contributed by atoms with Gasteiger partial charge in [0.25, 0.3) is 0 Å². The highest BCUT2D eigenvalue weighted by molar-refractivity contribution is 5.71. The number of ether oxygens (including phenoxy) is 3. The molecule has 78 heavy (non-hydrogen) atoms. The van der Waals surface area contributed by atoms with Gasteiger partial charge in [0.1, 0.15) is 13.2 Å². The summed E-state index contributed by atoms with van der Waals surface area (Å²) < 4.78 is 16.9. The van der Waals surface area contributed by atoms with E-state index in [9.17, 15) is 14.4 Å². The molecular formula is C72H122O6. The van der Waals surface area contributed by atoms with E-state index in [1.54, 1.807) is 0 Å². The van der Waals surface area contributed by atoms with Crippen molar-refractivity contribution in [2.75, 3.05) is 13.2 Å². The highest BCUT2D eigenvalue weighted by atomic mass is 16.6. The zero-order chi connectivity index (χ0) is 56.4. The Bertz CT molecular complexity index is 1570. The van der Waals surface area contributed by atoms with Gasteiger partial charge in [-0.05, 0) is 103 Å². The third kappa shape index (κ3) is 62.9. The van der Waals surface area contributed by atoms with Crippen LogP contribution in [0.1, 0.15) is 310 Å². The van der Waals surface area contributed by atoms with Crippen LogP contribution >= 0.6 is 0 Å². The van der Waals surface area contributed by atoms with E-state index in [4.69, 9.17) is 14.2 Å². The summed E-state index contributed by atoms with van der Waals surface area (Å²) in [5.41, 5.74) is 0. The summed E-state index contributed by atoms with van der Waals surface area (Å²) in [7, 11) is 0. The zero-order valence-corrected chi connectivity index (χ0v) is 51.2. The van der Waals surface area contributed by atoms with Crippen molar-refractivity contribution in [2.45, 2.75) is 316 Å². The second-order valence-corrected chi connectivity index (χ2v) is 21.6. The second-order valence-electron chi connectivity index (χ2n) is 21.6. The number of esters is 3. The van der Waals surface area contributed by atoms with Gasteiger partial charge in [0.05, 0.1) is 0 Å². The number of hydrogen-bond donors (Lipinski definition) is 0. The minimum Gasteiger partial charge on any atom is -0.462 e. The Morgan fingerprint density at radius 1 is 0.269 bits per heavy atom. The van der Waals surface area contributed by atoms with E-state index in [1.807, 2.05) is 0 Å². The average molecular weight is 1080 g/mol. The first-order chi connectivity index (χ1) is 38.5. The Morgan fingerprint density at radius 3 is 0.795 bits per heavy atom. The van der Waals surface area contributed by atoms with E-state index in [1.165, 1.54) is 148 Å². The fraction of sp³-hybridized carbons (Fsp3) is 0.708. The van der Waals surface area contributed by atoms with Crippen LogP contribution in [0.4, 0.5) is 0 Å². The molecule has 0 spiro atoms. The Morgan fingerprint density at radius 2 is 0.500 bits per heavy atom. The molecule has 0 aromatic carbocycles. The first-order valence-electron chi connectivity index (χ1n) is 32.9. The fourth-order valence-electron chi connectivity index (χ4n) is 9.17. The van der Waals surface area contributed by atoms with Crippen LogP contribution in [0, 0.1) is 0 Å². The molecule has 446 valence electrons. The maximum atomic E-state index is 12.9.